The second kappa shape index (κ2) is 7.93. The number of carbonyl (C=O) groups excluding carboxylic acids is 1. The van der Waals surface area contributed by atoms with E-state index in [4.69, 9.17) is 0 Å². The van der Waals surface area contributed by atoms with E-state index in [-0.39, 0.29) is 24.7 Å². The second-order valence-electron chi connectivity index (χ2n) is 7.06. The number of hydrogen-bond donors (Lipinski definition) is 1. The molecule has 0 bridgehead atoms. The van der Waals surface area contributed by atoms with Crippen molar-refractivity contribution >= 4 is 11.9 Å². The number of nitrogens with one attached hydrogen (secondary N) is 1. The van der Waals surface area contributed by atoms with Gasteiger partial charge in [-0.1, -0.05) is 0 Å². The average Bonchev–Trinajstić information content (AvgIpc) is 3.37. The molecule has 1 aromatic carbocycles. The third kappa shape index (κ3) is 3.92. The maximum Gasteiger partial charge on any atom is 0.271 e. The molecule has 31 heavy (non-hydrogen) atoms. The Morgan fingerprint density at radius 2 is 1.87 bits per heavy atom. The van der Waals surface area contributed by atoms with Crippen LogP contribution in [0.3, 0.4) is 0 Å². The molecule has 162 valence electrons. The molecule has 4 rings (SSSR count). The highest BCUT2D eigenvalue weighted by atomic mass is 19.3. The zero-order valence-corrected chi connectivity index (χ0v) is 16.3. The molecule has 1 amide bonds. The Morgan fingerprint density at radius 3 is 2.55 bits per heavy atom. The first-order chi connectivity index (χ1) is 14.8. The SMILES string of the molecule is Cc1cnc(NC[C@H]2N(C(=O)c3c(-n4nccn4)ccc(F)c3F)CCC2(F)F)nc1. The standard InChI is InChI=1S/C19H17F4N7O/c1-11-8-24-18(25-9-11)26-10-14-19(22,23)4-7-29(14)17(31)15-13(30-27-5-6-28-30)3-2-12(20)16(15)21/h2-3,5-6,8-9,14H,4,7,10H2,1H3,(H,24,25,26)/t14-/m1/s1. The van der Waals surface area contributed by atoms with Crippen LogP contribution in [0.15, 0.2) is 36.9 Å². The summed E-state index contributed by atoms with van der Waals surface area (Å²) in [4.78, 5) is 22.9. The topological polar surface area (TPSA) is 88.8 Å². The summed E-state index contributed by atoms with van der Waals surface area (Å²) in [5, 5.41) is 10.3. The van der Waals surface area contributed by atoms with Crippen LogP contribution in [0.4, 0.5) is 23.5 Å². The Hall–Kier alpha value is -3.57. The van der Waals surface area contributed by atoms with Crippen molar-refractivity contribution in [2.75, 3.05) is 18.4 Å². The molecule has 0 spiro atoms. The average molecular weight is 435 g/mol. The first-order valence-corrected chi connectivity index (χ1v) is 9.34. The molecule has 1 atom stereocenters. The van der Waals surface area contributed by atoms with E-state index in [1.54, 1.807) is 6.92 Å². The number of carbonyl (C=O) groups is 1. The lowest BCUT2D eigenvalue weighted by molar-refractivity contribution is -0.0249. The fourth-order valence-electron chi connectivity index (χ4n) is 3.39. The number of nitrogens with zero attached hydrogens (tertiary/aromatic N) is 6. The van der Waals surface area contributed by atoms with Gasteiger partial charge in [-0.2, -0.15) is 15.0 Å². The fraction of sp³-hybridized carbons (Fsp3) is 0.316. The summed E-state index contributed by atoms with van der Waals surface area (Å²) in [7, 11) is 0. The molecule has 8 nitrogen and oxygen atoms in total. The molecule has 1 N–H and O–H groups in total. The van der Waals surface area contributed by atoms with E-state index in [0.29, 0.717) is 0 Å². The van der Waals surface area contributed by atoms with E-state index in [0.717, 1.165) is 27.4 Å². The number of benzene rings is 1. The van der Waals surface area contributed by atoms with Gasteiger partial charge in [0.15, 0.2) is 11.6 Å². The van der Waals surface area contributed by atoms with Gasteiger partial charge in [0.1, 0.15) is 17.3 Å². The molecular formula is C19H17F4N7O. The molecule has 2 aromatic heterocycles. The van der Waals surface area contributed by atoms with Gasteiger partial charge < -0.3 is 10.2 Å². The quantitative estimate of drug-likeness (QED) is 0.620. The molecule has 0 radical (unpaired) electrons. The van der Waals surface area contributed by atoms with E-state index in [2.05, 4.69) is 25.5 Å². The lowest BCUT2D eigenvalue weighted by Crippen LogP contribution is -2.47. The number of aromatic nitrogens is 5. The number of aryl methyl sites for hydroxylation is 1. The second-order valence-corrected chi connectivity index (χ2v) is 7.06. The first-order valence-electron chi connectivity index (χ1n) is 9.34. The van der Waals surface area contributed by atoms with Crippen molar-refractivity contribution in [3.05, 3.63) is 59.7 Å². The molecular weight excluding hydrogens is 418 g/mol. The van der Waals surface area contributed by atoms with Crippen LogP contribution in [-0.4, -0.2) is 60.8 Å². The van der Waals surface area contributed by atoms with Crippen molar-refractivity contribution in [1.82, 2.24) is 29.9 Å². The summed E-state index contributed by atoms with van der Waals surface area (Å²) < 4.78 is 57.7. The summed E-state index contributed by atoms with van der Waals surface area (Å²) in [5.41, 5.74) is -0.0851. The fourth-order valence-corrected chi connectivity index (χ4v) is 3.39. The van der Waals surface area contributed by atoms with Gasteiger partial charge in [0.2, 0.25) is 5.95 Å². The van der Waals surface area contributed by atoms with Crippen LogP contribution in [0.5, 0.6) is 0 Å². The van der Waals surface area contributed by atoms with E-state index in [9.17, 15) is 22.4 Å². The van der Waals surface area contributed by atoms with Gasteiger partial charge in [0, 0.05) is 31.9 Å². The van der Waals surface area contributed by atoms with E-state index < -0.39 is 41.5 Å². The van der Waals surface area contributed by atoms with Crippen molar-refractivity contribution in [3.8, 4) is 5.69 Å². The van der Waals surface area contributed by atoms with Crippen LogP contribution in [0.2, 0.25) is 0 Å². The van der Waals surface area contributed by atoms with Crippen LogP contribution < -0.4 is 5.32 Å². The zero-order valence-electron chi connectivity index (χ0n) is 16.3. The van der Waals surface area contributed by atoms with Gasteiger partial charge in [-0.15, -0.1) is 0 Å². The molecule has 1 aliphatic rings. The molecule has 3 aromatic rings. The van der Waals surface area contributed by atoms with Crippen LogP contribution >= 0.6 is 0 Å². The van der Waals surface area contributed by atoms with E-state index >= 15 is 0 Å². The Bertz CT molecular complexity index is 1090. The van der Waals surface area contributed by atoms with Crippen molar-refractivity contribution in [1.29, 1.82) is 0 Å². The number of halogens is 4. The Balaban J connectivity index is 1.65. The highest BCUT2D eigenvalue weighted by molar-refractivity contribution is 5.98. The minimum Gasteiger partial charge on any atom is -0.352 e. The molecule has 1 fully saturated rings. The largest absolute Gasteiger partial charge is 0.352 e. The maximum atomic E-state index is 14.7. The third-order valence-electron chi connectivity index (χ3n) is 4.97. The van der Waals surface area contributed by atoms with Gasteiger partial charge in [-0.05, 0) is 24.6 Å². The number of likely N-dealkylation sites (tertiary alicyclic amines) is 1. The molecule has 1 saturated heterocycles. The van der Waals surface area contributed by atoms with Gasteiger partial charge in [-0.25, -0.2) is 27.5 Å². The molecule has 0 saturated carbocycles. The summed E-state index contributed by atoms with van der Waals surface area (Å²) in [6.07, 6.45) is 4.97. The minimum atomic E-state index is -3.25. The predicted molar refractivity (Wildman–Crippen MR) is 101 cm³/mol. The summed E-state index contributed by atoms with van der Waals surface area (Å²) in [5.74, 6) is -6.96. The molecule has 12 heteroatoms. The third-order valence-corrected chi connectivity index (χ3v) is 4.97. The predicted octanol–water partition coefficient (Wildman–Crippen LogP) is 2.61. The van der Waals surface area contributed by atoms with Crippen LogP contribution in [0.1, 0.15) is 22.3 Å². The van der Waals surface area contributed by atoms with E-state index in [1.165, 1.54) is 24.8 Å². The van der Waals surface area contributed by atoms with Crippen LogP contribution in [0.25, 0.3) is 5.69 Å². The van der Waals surface area contributed by atoms with Crippen LogP contribution in [-0.2, 0) is 0 Å². The normalized spacial score (nSPS) is 17.7. The number of alkyl halides is 2. The maximum absolute atomic E-state index is 14.7. The number of rotatable bonds is 5. The summed E-state index contributed by atoms with van der Waals surface area (Å²) in [6, 6.07) is 0.315. The molecule has 1 aliphatic heterocycles. The number of amides is 1. The van der Waals surface area contributed by atoms with Gasteiger partial charge in [0.25, 0.3) is 11.8 Å². The Labute approximate surface area is 173 Å². The monoisotopic (exact) mass is 435 g/mol. The van der Waals surface area contributed by atoms with Crippen molar-refractivity contribution in [3.63, 3.8) is 0 Å². The first kappa shape index (κ1) is 20.7. The minimum absolute atomic E-state index is 0.110. The van der Waals surface area contributed by atoms with Crippen LogP contribution in [0, 0.1) is 18.6 Å². The number of hydrogen-bond acceptors (Lipinski definition) is 6. The van der Waals surface area contributed by atoms with Gasteiger partial charge in [0.05, 0.1) is 12.4 Å². The zero-order chi connectivity index (χ0) is 22.2. The van der Waals surface area contributed by atoms with E-state index in [1.807, 2.05) is 0 Å². The van der Waals surface area contributed by atoms with Crippen molar-refractivity contribution < 1.29 is 22.4 Å². The smallest absolute Gasteiger partial charge is 0.271 e. The van der Waals surface area contributed by atoms with Crippen molar-refractivity contribution in [2.45, 2.75) is 25.3 Å². The highest BCUT2D eigenvalue weighted by Gasteiger charge is 2.51. The summed E-state index contributed by atoms with van der Waals surface area (Å²) in [6.45, 7) is 1.05. The lowest BCUT2D eigenvalue weighted by Gasteiger charge is -2.28. The molecule has 0 unspecified atom stereocenters. The summed E-state index contributed by atoms with van der Waals surface area (Å²) >= 11 is 0. The Kier molecular flexibility index (Phi) is 5.29. The molecule has 3 heterocycles. The van der Waals surface area contributed by atoms with Gasteiger partial charge >= 0.3 is 0 Å². The van der Waals surface area contributed by atoms with Gasteiger partial charge in [-0.3, -0.25) is 4.79 Å². The van der Waals surface area contributed by atoms with Crippen molar-refractivity contribution in [2.24, 2.45) is 0 Å². The highest BCUT2D eigenvalue weighted by Crippen LogP contribution is 2.36. The Morgan fingerprint density at radius 1 is 1.19 bits per heavy atom. The lowest BCUT2D eigenvalue weighted by atomic mass is 10.1. The molecule has 0 aliphatic carbocycles. The number of anilines is 1.